The van der Waals surface area contributed by atoms with Crippen LogP contribution in [0.25, 0.3) is 0 Å². The van der Waals surface area contributed by atoms with E-state index in [1.165, 1.54) is 0 Å². The van der Waals surface area contributed by atoms with Gasteiger partial charge in [0.15, 0.2) is 0 Å². The van der Waals surface area contributed by atoms with Crippen LogP contribution in [-0.4, -0.2) is 17.1 Å². The summed E-state index contributed by atoms with van der Waals surface area (Å²) in [5, 5.41) is 11.7. The van der Waals surface area contributed by atoms with Crippen molar-refractivity contribution in [3.8, 4) is 12.3 Å². The SMILES string of the molecule is C#Cc1cccc2c1CC(C(=O)O)N2. The first-order chi connectivity index (χ1) is 6.72. The van der Waals surface area contributed by atoms with Crippen molar-refractivity contribution in [3.63, 3.8) is 0 Å². The van der Waals surface area contributed by atoms with Gasteiger partial charge in [-0.2, -0.15) is 0 Å². The van der Waals surface area contributed by atoms with E-state index in [9.17, 15) is 4.79 Å². The summed E-state index contributed by atoms with van der Waals surface area (Å²) < 4.78 is 0. The fraction of sp³-hybridized carbons (Fsp3) is 0.182. The van der Waals surface area contributed by atoms with Gasteiger partial charge in [0.2, 0.25) is 0 Å². The number of terminal acetylenes is 1. The molecule has 0 radical (unpaired) electrons. The predicted octanol–water partition coefficient (Wildman–Crippen LogP) is 1.09. The number of rotatable bonds is 1. The van der Waals surface area contributed by atoms with E-state index in [0.717, 1.165) is 16.8 Å². The molecule has 1 aromatic carbocycles. The number of nitrogens with one attached hydrogen (secondary N) is 1. The third-order valence-electron chi connectivity index (χ3n) is 2.37. The molecule has 0 spiro atoms. The molecule has 2 N–H and O–H groups in total. The Labute approximate surface area is 81.8 Å². The second kappa shape index (κ2) is 3.08. The van der Waals surface area contributed by atoms with Gasteiger partial charge in [0.05, 0.1) is 0 Å². The zero-order chi connectivity index (χ0) is 10.1. The summed E-state index contributed by atoms with van der Waals surface area (Å²) in [5.74, 6) is 1.71. The Morgan fingerprint density at radius 1 is 1.64 bits per heavy atom. The van der Waals surface area contributed by atoms with Gasteiger partial charge in [0.25, 0.3) is 0 Å². The molecule has 0 amide bonds. The molecule has 70 valence electrons. The fourth-order valence-corrected chi connectivity index (χ4v) is 1.67. The number of carboxylic acid groups (broad SMARTS) is 1. The van der Waals surface area contributed by atoms with Crippen LogP contribution in [-0.2, 0) is 11.2 Å². The molecule has 0 saturated heterocycles. The largest absolute Gasteiger partial charge is 0.480 e. The van der Waals surface area contributed by atoms with Crippen molar-refractivity contribution >= 4 is 11.7 Å². The first kappa shape index (κ1) is 8.64. The van der Waals surface area contributed by atoms with Gasteiger partial charge in [-0.05, 0) is 17.7 Å². The Balaban J connectivity index is 2.40. The molecule has 3 nitrogen and oxygen atoms in total. The average Bonchev–Trinajstić information content (AvgIpc) is 2.60. The summed E-state index contributed by atoms with van der Waals surface area (Å²) in [4.78, 5) is 10.8. The van der Waals surface area contributed by atoms with Gasteiger partial charge in [0.1, 0.15) is 6.04 Å². The average molecular weight is 187 g/mol. The molecule has 0 saturated carbocycles. The Morgan fingerprint density at radius 3 is 3.07 bits per heavy atom. The molecule has 1 atom stereocenters. The topological polar surface area (TPSA) is 49.3 Å². The number of carboxylic acids is 1. The van der Waals surface area contributed by atoms with Gasteiger partial charge in [-0.3, -0.25) is 0 Å². The summed E-state index contributed by atoms with van der Waals surface area (Å²) in [5.41, 5.74) is 2.55. The Bertz CT molecular complexity index is 431. The van der Waals surface area contributed by atoms with E-state index in [2.05, 4.69) is 11.2 Å². The zero-order valence-electron chi connectivity index (χ0n) is 7.45. The van der Waals surface area contributed by atoms with Crippen molar-refractivity contribution in [1.82, 2.24) is 0 Å². The van der Waals surface area contributed by atoms with Crippen molar-refractivity contribution in [3.05, 3.63) is 29.3 Å². The van der Waals surface area contributed by atoms with Crippen molar-refractivity contribution in [2.45, 2.75) is 12.5 Å². The Kier molecular flexibility index (Phi) is 1.90. The maximum Gasteiger partial charge on any atom is 0.326 e. The summed E-state index contributed by atoms with van der Waals surface area (Å²) in [7, 11) is 0. The second-order valence-electron chi connectivity index (χ2n) is 3.22. The monoisotopic (exact) mass is 187 g/mol. The summed E-state index contributed by atoms with van der Waals surface area (Å²) in [6.45, 7) is 0. The van der Waals surface area contributed by atoms with Crippen LogP contribution in [0.2, 0.25) is 0 Å². The van der Waals surface area contributed by atoms with Gasteiger partial charge in [-0.1, -0.05) is 12.0 Å². The quantitative estimate of drug-likeness (QED) is 0.647. The molecular formula is C11H9NO2. The highest BCUT2D eigenvalue weighted by atomic mass is 16.4. The number of carbonyl (C=O) groups is 1. The minimum Gasteiger partial charge on any atom is -0.480 e. The van der Waals surface area contributed by atoms with Crippen LogP contribution in [0.4, 0.5) is 5.69 Å². The molecule has 3 heteroatoms. The molecule has 1 unspecified atom stereocenters. The molecule has 0 fully saturated rings. The van der Waals surface area contributed by atoms with Crippen molar-refractivity contribution in [1.29, 1.82) is 0 Å². The third-order valence-corrected chi connectivity index (χ3v) is 2.37. The first-order valence-corrected chi connectivity index (χ1v) is 4.30. The highest BCUT2D eigenvalue weighted by Crippen LogP contribution is 2.28. The summed E-state index contributed by atoms with van der Waals surface area (Å²) in [6.07, 6.45) is 5.78. The highest BCUT2D eigenvalue weighted by Gasteiger charge is 2.27. The molecule has 0 bridgehead atoms. The lowest BCUT2D eigenvalue weighted by Crippen LogP contribution is -2.26. The highest BCUT2D eigenvalue weighted by molar-refractivity contribution is 5.82. The number of benzene rings is 1. The van der Waals surface area contributed by atoms with Crippen molar-refractivity contribution in [2.24, 2.45) is 0 Å². The van der Waals surface area contributed by atoms with E-state index in [-0.39, 0.29) is 0 Å². The Morgan fingerprint density at radius 2 is 2.43 bits per heavy atom. The van der Waals surface area contributed by atoms with Crippen molar-refractivity contribution < 1.29 is 9.90 Å². The van der Waals surface area contributed by atoms with Gasteiger partial charge in [0, 0.05) is 17.7 Å². The van der Waals surface area contributed by atoms with E-state index in [0.29, 0.717) is 6.42 Å². The van der Waals surface area contributed by atoms with E-state index >= 15 is 0 Å². The van der Waals surface area contributed by atoms with Crippen molar-refractivity contribution in [2.75, 3.05) is 5.32 Å². The molecule has 2 rings (SSSR count). The standard InChI is InChI=1S/C11H9NO2/c1-2-7-4-3-5-9-8(7)6-10(12-9)11(13)14/h1,3-5,10,12H,6H2,(H,13,14). The normalized spacial score (nSPS) is 18.1. The third kappa shape index (κ3) is 1.21. The minimum absolute atomic E-state index is 0.463. The molecule has 0 aromatic heterocycles. The lowest BCUT2D eigenvalue weighted by atomic mass is 10.0. The number of hydrogen-bond acceptors (Lipinski definition) is 2. The summed E-state index contributed by atoms with van der Waals surface area (Å²) >= 11 is 0. The van der Waals surface area contributed by atoms with Crippen LogP contribution in [0.3, 0.4) is 0 Å². The smallest absolute Gasteiger partial charge is 0.326 e. The molecule has 14 heavy (non-hydrogen) atoms. The van der Waals surface area contributed by atoms with Crippen LogP contribution in [0, 0.1) is 12.3 Å². The maximum atomic E-state index is 10.8. The Hall–Kier alpha value is -1.95. The molecule has 1 aromatic rings. The lowest BCUT2D eigenvalue weighted by Gasteiger charge is -2.03. The van der Waals surface area contributed by atoms with Crippen LogP contribution in [0.15, 0.2) is 18.2 Å². The second-order valence-corrected chi connectivity index (χ2v) is 3.22. The van der Waals surface area contributed by atoms with Crippen LogP contribution in [0.1, 0.15) is 11.1 Å². The zero-order valence-corrected chi connectivity index (χ0v) is 7.45. The minimum atomic E-state index is -0.843. The van der Waals surface area contributed by atoms with Gasteiger partial charge in [-0.15, -0.1) is 6.42 Å². The fourth-order valence-electron chi connectivity index (χ4n) is 1.67. The van der Waals surface area contributed by atoms with E-state index in [1.807, 2.05) is 18.2 Å². The van der Waals surface area contributed by atoms with E-state index < -0.39 is 12.0 Å². The number of anilines is 1. The molecule has 0 aliphatic carbocycles. The number of aliphatic carboxylic acids is 1. The van der Waals surface area contributed by atoms with Crippen LogP contribution >= 0.6 is 0 Å². The van der Waals surface area contributed by atoms with Crippen LogP contribution < -0.4 is 5.32 Å². The molecule has 1 aliphatic heterocycles. The number of fused-ring (bicyclic) bond motifs is 1. The van der Waals surface area contributed by atoms with Gasteiger partial charge < -0.3 is 10.4 Å². The lowest BCUT2D eigenvalue weighted by molar-refractivity contribution is -0.137. The summed E-state index contributed by atoms with van der Waals surface area (Å²) in [6, 6.07) is 4.95. The van der Waals surface area contributed by atoms with E-state index in [1.54, 1.807) is 0 Å². The van der Waals surface area contributed by atoms with E-state index in [4.69, 9.17) is 11.5 Å². The molecular weight excluding hydrogens is 178 g/mol. The van der Waals surface area contributed by atoms with Crippen LogP contribution in [0.5, 0.6) is 0 Å². The first-order valence-electron chi connectivity index (χ1n) is 4.30. The van der Waals surface area contributed by atoms with Gasteiger partial charge in [-0.25, -0.2) is 4.79 Å². The van der Waals surface area contributed by atoms with Gasteiger partial charge >= 0.3 is 5.97 Å². The molecule has 1 heterocycles. The predicted molar refractivity (Wildman–Crippen MR) is 53.1 cm³/mol. The maximum absolute atomic E-state index is 10.8. The molecule has 1 aliphatic rings. The number of hydrogen-bond donors (Lipinski definition) is 2.